The summed E-state index contributed by atoms with van der Waals surface area (Å²) in [5, 5.41) is 3.08. The van der Waals surface area contributed by atoms with E-state index in [4.69, 9.17) is 24.4 Å². The van der Waals surface area contributed by atoms with Gasteiger partial charge in [0.25, 0.3) is 0 Å². The van der Waals surface area contributed by atoms with E-state index in [1.165, 1.54) is 89.9 Å². The van der Waals surface area contributed by atoms with Gasteiger partial charge in [0.05, 0.1) is 0 Å². The van der Waals surface area contributed by atoms with Gasteiger partial charge < -0.3 is 5.32 Å². The number of thiocarbonyl (C=S) groups is 2. The van der Waals surface area contributed by atoms with E-state index in [9.17, 15) is 0 Å². The van der Waals surface area contributed by atoms with Crippen molar-refractivity contribution in [1.29, 1.82) is 0 Å². The van der Waals surface area contributed by atoms with E-state index in [1.807, 2.05) is 0 Å². The Morgan fingerprint density at radius 2 is 0.913 bits per heavy atom. The van der Waals surface area contributed by atoms with Crippen LogP contribution in [-0.2, 0) is 0 Å². The van der Waals surface area contributed by atoms with Crippen LogP contribution in [0.25, 0.3) is 0 Å². The molecule has 0 aromatic carbocycles. The van der Waals surface area contributed by atoms with Crippen molar-refractivity contribution in [2.24, 2.45) is 0 Å². The standard InChI is InChI=1S/C18H35NS4/c20-17(21)15-13-11-9-7-5-3-1-2-4-6-8-10-12-14-16-19-18(22)23/h1-16H2,(H,20,21)(H2,19,22,23). The Labute approximate surface area is 166 Å². The van der Waals surface area contributed by atoms with Gasteiger partial charge in [0.1, 0.15) is 4.32 Å². The second-order valence-corrected chi connectivity index (χ2v) is 8.82. The zero-order valence-corrected chi connectivity index (χ0v) is 17.9. The van der Waals surface area contributed by atoms with Crippen LogP contribution in [0.3, 0.4) is 0 Å². The molecule has 136 valence electrons. The summed E-state index contributed by atoms with van der Waals surface area (Å²) in [4.78, 5) is 0. The fourth-order valence-corrected chi connectivity index (χ4v) is 3.23. The molecule has 0 atom stereocenters. The Morgan fingerprint density at radius 1 is 0.565 bits per heavy atom. The Morgan fingerprint density at radius 3 is 1.26 bits per heavy atom. The molecule has 5 heteroatoms. The van der Waals surface area contributed by atoms with E-state index < -0.39 is 0 Å². The maximum Gasteiger partial charge on any atom is 0.130 e. The molecule has 0 aromatic heterocycles. The van der Waals surface area contributed by atoms with Crippen molar-refractivity contribution < 1.29 is 0 Å². The monoisotopic (exact) mass is 393 g/mol. The lowest BCUT2D eigenvalue weighted by atomic mass is 10.0. The Bertz CT molecular complexity index is 267. The van der Waals surface area contributed by atoms with Crippen molar-refractivity contribution in [2.45, 2.75) is 96.3 Å². The minimum Gasteiger partial charge on any atom is -0.371 e. The molecule has 1 N–H and O–H groups in total. The lowest BCUT2D eigenvalue weighted by Gasteiger charge is -2.04. The normalized spacial score (nSPS) is 10.7. The van der Waals surface area contributed by atoms with Crippen LogP contribution in [0.4, 0.5) is 0 Å². The number of hydrogen-bond donors (Lipinski definition) is 3. The third-order valence-electron chi connectivity index (χ3n) is 4.09. The summed E-state index contributed by atoms with van der Waals surface area (Å²) in [6, 6.07) is 0. The van der Waals surface area contributed by atoms with Crippen molar-refractivity contribution in [3.63, 3.8) is 0 Å². The molecule has 0 saturated carbocycles. The number of hydrogen-bond acceptors (Lipinski definition) is 2. The molecule has 0 saturated heterocycles. The Hall–Kier alpha value is 0.680. The first-order valence-corrected chi connectivity index (χ1v) is 11.0. The third-order valence-corrected chi connectivity index (χ3v) is 4.82. The van der Waals surface area contributed by atoms with Crippen molar-refractivity contribution in [3.8, 4) is 0 Å². The van der Waals surface area contributed by atoms with E-state index in [2.05, 4.69) is 30.6 Å². The van der Waals surface area contributed by atoms with Gasteiger partial charge in [0.15, 0.2) is 0 Å². The van der Waals surface area contributed by atoms with Crippen LogP contribution in [0.15, 0.2) is 0 Å². The molecular weight excluding hydrogens is 358 g/mol. The molecule has 0 bridgehead atoms. The highest BCUT2D eigenvalue weighted by atomic mass is 32.1. The van der Waals surface area contributed by atoms with E-state index >= 15 is 0 Å². The van der Waals surface area contributed by atoms with Crippen LogP contribution < -0.4 is 5.32 Å². The largest absolute Gasteiger partial charge is 0.371 e. The predicted molar refractivity (Wildman–Crippen MR) is 120 cm³/mol. The van der Waals surface area contributed by atoms with Gasteiger partial charge >= 0.3 is 0 Å². The molecule has 0 radical (unpaired) electrons. The molecule has 0 aromatic rings. The summed E-state index contributed by atoms with van der Waals surface area (Å²) in [5.41, 5.74) is 0. The van der Waals surface area contributed by atoms with Gasteiger partial charge in [-0.15, -0.1) is 25.3 Å². The molecule has 0 fully saturated rings. The summed E-state index contributed by atoms with van der Waals surface area (Å²) in [5.74, 6) is 0. The maximum absolute atomic E-state index is 4.96. The van der Waals surface area contributed by atoms with E-state index in [0.29, 0.717) is 4.32 Å². The number of thiol groups is 2. The fourth-order valence-electron chi connectivity index (χ4n) is 2.72. The Kier molecular flexibility index (Phi) is 19.6. The van der Waals surface area contributed by atoms with Crippen LogP contribution >= 0.6 is 49.7 Å². The zero-order chi connectivity index (χ0) is 17.2. The number of rotatable bonds is 17. The molecule has 1 nitrogen and oxygen atoms in total. The fraction of sp³-hybridized carbons (Fsp3) is 0.889. The van der Waals surface area contributed by atoms with E-state index in [0.717, 1.165) is 17.2 Å². The van der Waals surface area contributed by atoms with Gasteiger partial charge in [-0.05, 0) is 19.3 Å². The molecule has 0 spiro atoms. The summed E-state index contributed by atoms with van der Waals surface area (Å²) in [7, 11) is 0. The van der Waals surface area contributed by atoms with Crippen LogP contribution in [0.1, 0.15) is 96.3 Å². The highest BCUT2D eigenvalue weighted by Crippen LogP contribution is 2.13. The molecule has 0 aliphatic carbocycles. The Balaban J connectivity index is 3.00. The lowest BCUT2D eigenvalue weighted by Crippen LogP contribution is -2.17. The smallest absolute Gasteiger partial charge is 0.130 e. The molecule has 0 unspecified atom stereocenters. The minimum absolute atomic E-state index is 0.617. The maximum atomic E-state index is 4.96. The molecular formula is C18H35NS4. The van der Waals surface area contributed by atoms with Crippen LogP contribution in [0.5, 0.6) is 0 Å². The van der Waals surface area contributed by atoms with Gasteiger partial charge in [-0.25, -0.2) is 0 Å². The molecule has 23 heavy (non-hydrogen) atoms. The summed E-state index contributed by atoms with van der Waals surface area (Å²) in [6.45, 7) is 0.976. The van der Waals surface area contributed by atoms with Gasteiger partial charge in [0.2, 0.25) is 0 Å². The topological polar surface area (TPSA) is 12.0 Å². The SMILES string of the molecule is S=C(S)CCCCCCCCCCCCCCCCNC(=S)S. The second-order valence-electron chi connectivity index (χ2n) is 6.33. The predicted octanol–water partition coefficient (Wildman–Crippen LogP) is 6.90. The summed E-state index contributed by atoms with van der Waals surface area (Å²) < 4.78 is 1.48. The molecule has 0 rings (SSSR count). The van der Waals surface area contributed by atoms with Gasteiger partial charge in [-0.3, -0.25) is 0 Å². The third kappa shape index (κ3) is 22.7. The van der Waals surface area contributed by atoms with Gasteiger partial charge in [-0.1, -0.05) is 101 Å². The first kappa shape index (κ1) is 23.7. The highest BCUT2D eigenvalue weighted by Gasteiger charge is 1.95. The van der Waals surface area contributed by atoms with Crippen LogP contribution in [-0.4, -0.2) is 15.1 Å². The van der Waals surface area contributed by atoms with Crippen molar-refractivity contribution >= 4 is 58.2 Å². The quantitative estimate of drug-likeness (QED) is 0.141. The first-order valence-electron chi connectivity index (χ1n) is 9.31. The first-order chi connectivity index (χ1) is 11.1. The number of unbranched alkanes of at least 4 members (excludes halogenated alkanes) is 13. The summed E-state index contributed by atoms with van der Waals surface area (Å²) >= 11 is 18.0. The molecule has 0 heterocycles. The van der Waals surface area contributed by atoms with Crippen molar-refractivity contribution in [1.82, 2.24) is 5.32 Å². The van der Waals surface area contributed by atoms with Crippen molar-refractivity contribution in [2.75, 3.05) is 6.54 Å². The second kappa shape index (κ2) is 19.0. The molecule has 0 aliphatic heterocycles. The zero-order valence-electron chi connectivity index (χ0n) is 14.5. The average molecular weight is 394 g/mol. The van der Waals surface area contributed by atoms with Crippen LogP contribution in [0.2, 0.25) is 0 Å². The molecule has 0 amide bonds. The summed E-state index contributed by atoms with van der Waals surface area (Å²) in [6.07, 6.45) is 20.1. The van der Waals surface area contributed by atoms with E-state index in [1.54, 1.807) is 0 Å². The van der Waals surface area contributed by atoms with E-state index in [-0.39, 0.29) is 0 Å². The number of nitrogens with one attached hydrogen (secondary N) is 1. The van der Waals surface area contributed by atoms with Crippen LogP contribution in [0, 0.1) is 0 Å². The average Bonchev–Trinajstić information content (AvgIpc) is 2.49. The van der Waals surface area contributed by atoms with Gasteiger partial charge in [-0.2, -0.15) is 0 Å². The highest BCUT2D eigenvalue weighted by molar-refractivity contribution is 8.11. The van der Waals surface area contributed by atoms with Gasteiger partial charge in [0, 0.05) is 10.7 Å². The van der Waals surface area contributed by atoms with Crippen molar-refractivity contribution in [3.05, 3.63) is 0 Å². The minimum atomic E-state index is 0.617. The lowest BCUT2D eigenvalue weighted by molar-refractivity contribution is 0.534. The molecule has 0 aliphatic rings.